The first kappa shape index (κ1) is 16.3. The Bertz CT molecular complexity index is 394. The predicted molar refractivity (Wildman–Crippen MR) is 81.1 cm³/mol. The number of carbonyl (C=O) groups is 2. The van der Waals surface area contributed by atoms with Crippen molar-refractivity contribution < 1.29 is 14.7 Å². The molecule has 1 saturated carbocycles. The van der Waals surface area contributed by atoms with Gasteiger partial charge < -0.3 is 10.4 Å². The predicted octanol–water partition coefficient (Wildman–Crippen LogP) is 2.15. The van der Waals surface area contributed by atoms with E-state index in [0.29, 0.717) is 24.9 Å². The SMILES string of the molecule is CC1CCC(C)N1C(C)C(=O)NC1(C(=O)O)CCCCC1. The minimum Gasteiger partial charge on any atom is -0.480 e. The van der Waals surface area contributed by atoms with Crippen LogP contribution in [0.4, 0.5) is 0 Å². The summed E-state index contributed by atoms with van der Waals surface area (Å²) in [7, 11) is 0. The van der Waals surface area contributed by atoms with Crippen LogP contribution in [0, 0.1) is 0 Å². The van der Waals surface area contributed by atoms with Crippen LogP contribution in [0.3, 0.4) is 0 Å². The minimum atomic E-state index is -1.05. The largest absolute Gasteiger partial charge is 0.480 e. The van der Waals surface area contributed by atoms with Crippen molar-refractivity contribution in [2.24, 2.45) is 0 Å². The Hall–Kier alpha value is -1.10. The van der Waals surface area contributed by atoms with Crippen molar-refractivity contribution in [2.45, 2.75) is 89.4 Å². The van der Waals surface area contributed by atoms with Gasteiger partial charge in [-0.2, -0.15) is 0 Å². The van der Waals surface area contributed by atoms with Gasteiger partial charge in [-0.15, -0.1) is 0 Å². The standard InChI is InChI=1S/C16H28N2O3/c1-11-7-8-12(2)18(11)13(3)14(19)17-16(15(20)21)9-5-4-6-10-16/h11-13H,4-10H2,1-3H3,(H,17,19)(H,20,21). The third-order valence-corrected chi connectivity index (χ3v) is 5.33. The van der Waals surface area contributed by atoms with E-state index in [1.807, 2.05) is 6.92 Å². The summed E-state index contributed by atoms with van der Waals surface area (Å²) in [5.41, 5.74) is -1.05. The van der Waals surface area contributed by atoms with Crippen molar-refractivity contribution in [2.75, 3.05) is 0 Å². The van der Waals surface area contributed by atoms with Gasteiger partial charge in [-0.1, -0.05) is 19.3 Å². The van der Waals surface area contributed by atoms with Gasteiger partial charge in [0.2, 0.25) is 5.91 Å². The molecule has 1 aliphatic heterocycles. The van der Waals surface area contributed by atoms with Crippen LogP contribution in [0.1, 0.15) is 65.7 Å². The summed E-state index contributed by atoms with van der Waals surface area (Å²) >= 11 is 0. The number of aliphatic carboxylic acids is 1. The van der Waals surface area contributed by atoms with E-state index in [4.69, 9.17) is 0 Å². The Morgan fingerprint density at radius 3 is 2.14 bits per heavy atom. The van der Waals surface area contributed by atoms with Crippen molar-refractivity contribution in [1.29, 1.82) is 0 Å². The second kappa shape index (κ2) is 6.34. The lowest BCUT2D eigenvalue weighted by molar-refractivity contribution is -0.150. The summed E-state index contributed by atoms with van der Waals surface area (Å²) in [5.74, 6) is -1.02. The van der Waals surface area contributed by atoms with E-state index in [1.54, 1.807) is 0 Å². The first-order valence-electron chi connectivity index (χ1n) is 8.20. The fourth-order valence-corrected chi connectivity index (χ4v) is 4.00. The summed E-state index contributed by atoms with van der Waals surface area (Å²) < 4.78 is 0. The first-order valence-corrected chi connectivity index (χ1v) is 8.20. The zero-order valence-electron chi connectivity index (χ0n) is 13.4. The number of nitrogens with one attached hydrogen (secondary N) is 1. The Kier molecular flexibility index (Phi) is 4.91. The Morgan fingerprint density at radius 2 is 1.67 bits per heavy atom. The van der Waals surface area contributed by atoms with E-state index < -0.39 is 11.5 Å². The smallest absolute Gasteiger partial charge is 0.329 e. The molecule has 3 unspecified atom stereocenters. The molecule has 120 valence electrons. The molecule has 5 nitrogen and oxygen atoms in total. The van der Waals surface area contributed by atoms with Crippen molar-refractivity contribution in [3.05, 3.63) is 0 Å². The molecule has 0 radical (unpaired) electrons. The summed E-state index contributed by atoms with van der Waals surface area (Å²) in [6.07, 6.45) is 6.10. The van der Waals surface area contributed by atoms with Gasteiger partial charge in [0, 0.05) is 12.1 Å². The Morgan fingerprint density at radius 1 is 1.14 bits per heavy atom. The molecule has 2 rings (SSSR count). The molecule has 21 heavy (non-hydrogen) atoms. The lowest BCUT2D eigenvalue weighted by Crippen LogP contribution is -2.60. The van der Waals surface area contributed by atoms with Gasteiger partial charge in [0.25, 0.3) is 0 Å². The number of amides is 1. The molecule has 2 aliphatic rings. The molecule has 5 heteroatoms. The van der Waals surface area contributed by atoms with Gasteiger partial charge in [-0.25, -0.2) is 4.79 Å². The lowest BCUT2D eigenvalue weighted by Gasteiger charge is -2.37. The van der Waals surface area contributed by atoms with Crippen LogP contribution in [-0.2, 0) is 9.59 Å². The highest BCUT2D eigenvalue weighted by Crippen LogP contribution is 2.30. The fraction of sp³-hybridized carbons (Fsp3) is 0.875. The van der Waals surface area contributed by atoms with E-state index >= 15 is 0 Å². The fourth-order valence-electron chi connectivity index (χ4n) is 4.00. The minimum absolute atomic E-state index is 0.139. The highest BCUT2D eigenvalue weighted by atomic mass is 16.4. The second-order valence-corrected chi connectivity index (χ2v) is 6.84. The molecule has 0 aromatic rings. The van der Waals surface area contributed by atoms with Gasteiger partial charge >= 0.3 is 5.97 Å². The molecule has 0 aromatic heterocycles. The summed E-state index contributed by atoms with van der Waals surface area (Å²) in [6.45, 7) is 6.17. The van der Waals surface area contributed by atoms with E-state index in [-0.39, 0.29) is 11.9 Å². The molecule has 0 spiro atoms. The van der Waals surface area contributed by atoms with Crippen LogP contribution in [0.25, 0.3) is 0 Å². The van der Waals surface area contributed by atoms with Crippen LogP contribution < -0.4 is 5.32 Å². The van der Waals surface area contributed by atoms with Gasteiger partial charge in [-0.05, 0) is 46.5 Å². The highest BCUT2D eigenvalue weighted by Gasteiger charge is 2.43. The Balaban J connectivity index is 2.06. The number of nitrogens with zero attached hydrogens (tertiary/aromatic N) is 1. The molecule has 1 heterocycles. The van der Waals surface area contributed by atoms with Gasteiger partial charge in [0.15, 0.2) is 0 Å². The number of rotatable bonds is 4. The van der Waals surface area contributed by atoms with Gasteiger partial charge in [0.05, 0.1) is 6.04 Å². The summed E-state index contributed by atoms with van der Waals surface area (Å²) in [6, 6.07) is 0.497. The maximum atomic E-state index is 12.6. The zero-order valence-corrected chi connectivity index (χ0v) is 13.4. The number of hydrogen-bond donors (Lipinski definition) is 2. The van der Waals surface area contributed by atoms with E-state index in [2.05, 4.69) is 24.1 Å². The first-order chi connectivity index (χ1) is 9.87. The number of carboxylic acids is 1. The van der Waals surface area contributed by atoms with E-state index in [0.717, 1.165) is 32.1 Å². The maximum absolute atomic E-state index is 12.6. The molecule has 1 aliphatic carbocycles. The van der Waals surface area contributed by atoms with Crippen molar-refractivity contribution in [3.63, 3.8) is 0 Å². The third kappa shape index (κ3) is 3.23. The Labute approximate surface area is 127 Å². The molecule has 1 amide bonds. The highest BCUT2D eigenvalue weighted by molar-refractivity contribution is 5.89. The van der Waals surface area contributed by atoms with Crippen LogP contribution in [0.2, 0.25) is 0 Å². The van der Waals surface area contributed by atoms with Crippen LogP contribution >= 0.6 is 0 Å². The van der Waals surface area contributed by atoms with Gasteiger partial charge in [-0.3, -0.25) is 9.69 Å². The summed E-state index contributed by atoms with van der Waals surface area (Å²) in [5, 5.41) is 12.4. The maximum Gasteiger partial charge on any atom is 0.329 e. The second-order valence-electron chi connectivity index (χ2n) is 6.84. The lowest BCUT2D eigenvalue weighted by atomic mass is 9.81. The molecule has 2 N–H and O–H groups in total. The normalized spacial score (nSPS) is 30.8. The third-order valence-electron chi connectivity index (χ3n) is 5.33. The average molecular weight is 296 g/mol. The molecule has 0 bridgehead atoms. The molecular weight excluding hydrogens is 268 g/mol. The molecular formula is C16H28N2O3. The van der Waals surface area contributed by atoms with E-state index in [1.165, 1.54) is 0 Å². The van der Waals surface area contributed by atoms with Crippen LogP contribution in [0.15, 0.2) is 0 Å². The number of hydrogen-bond acceptors (Lipinski definition) is 3. The molecule has 1 saturated heterocycles. The quantitative estimate of drug-likeness (QED) is 0.834. The average Bonchev–Trinajstić information content (AvgIpc) is 2.78. The number of likely N-dealkylation sites (tertiary alicyclic amines) is 1. The van der Waals surface area contributed by atoms with Crippen LogP contribution in [0.5, 0.6) is 0 Å². The van der Waals surface area contributed by atoms with E-state index in [9.17, 15) is 14.7 Å². The monoisotopic (exact) mass is 296 g/mol. The number of carbonyl (C=O) groups excluding carboxylic acids is 1. The molecule has 2 fully saturated rings. The van der Waals surface area contributed by atoms with Gasteiger partial charge in [0.1, 0.15) is 5.54 Å². The van der Waals surface area contributed by atoms with Crippen molar-refractivity contribution in [3.8, 4) is 0 Å². The number of carboxylic acid groups (broad SMARTS) is 1. The summed E-state index contributed by atoms with van der Waals surface area (Å²) in [4.78, 5) is 26.5. The van der Waals surface area contributed by atoms with Crippen molar-refractivity contribution >= 4 is 11.9 Å². The van der Waals surface area contributed by atoms with Crippen LogP contribution in [-0.4, -0.2) is 45.5 Å². The zero-order chi connectivity index (χ0) is 15.6. The molecule has 3 atom stereocenters. The topological polar surface area (TPSA) is 69.6 Å². The molecule has 0 aromatic carbocycles. The van der Waals surface area contributed by atoms with Crippen molar-refractivity contribution in [1.82, 2.24) is 10.2 Å².